The lowest BCUT2D eigenvalue weighted by molar-refractivity contribution is -0.385. The van der Waals surface area contributed by atoms with Gasteiger partial charge in [0, 0.05) is 11.6 Å². The van der Waals surface area contributed by atoms with Crippen LogP contribution < -0.4 is 0 Å². The molecule has 0 aliphatic heterocycles. The van der Waals surface area contributed by atoms with Crippen LogP contribution in [0.2, 0.25) is 0 Å². The van der Waals surface area contributed by atoms with Crippen LogP contribution in [0.4, 0.5) is 10.1 Å². The quantitative estimate of drug-likeness (QED) is 0.583. The Morgan fingerprint density at radius 1 is 1.56 bits per heavy atom. The summed E-state index contributed by atoms with van der Waals surface area (Å²) >= 11 is 0. The molecule has 0 radical (unpaired) electrons. The van der Waals surface area contributed by atoms with Crippen molar-refractivity contribution in [3.05, 3.63) is 39.7 Å². The predicted octanol–water partition coefficient (Wildman–Crippen LogP) is 2.83. The van der Waals surface area contributed by atoms with Crippen molar-refractivity contribution in [3.63, 3.8) is 0 Å². The molecule has 0 aromatic heterocycles. The van der Waals surface area contributed by atoms with Crippen molar-refractivity contribution in [2.45, 2.75) is 20.3 Å². The van der Waals surface area contributed by atoms with E-state index in [4.69, 9.17) is 5.26 Å². The first-order valence-electron chi connectivity index (χ1n) is 4.70. The van der Waals surface area contributed by atoms with Crippen LogP contribution in [0.15, 0.2) is 18.2 Å². The molecule has 0 bridgehead atoms. The Hall–Kier alpha value is -1.96. The summed E-state index contributed by atoms with van der Waals surface area (Å²) in [7, 11) is 0. The Morgan fingerprint density at radius 3 is 2.69 bits per heavy atom. The van der Waals surface area contributed by atoms with E-state index in [2.05, 4.69) is 0 Å². The molecule has 0 unspecified atom stereocenters. The molecule has 0 aliphatic rings. The minimum Gasteiger partial charge on any atom is -0.258 e. The van der Waals surface area contributed by atoms with E-state index in [1.807, 2.05) is 6.07 Å². The standard InChI is InChI=1S/C11H11FN2O2/c1-11(2,7-13)6-8-5-9(12)3-4-10(8)14(15)16/h3-5H,6H2,1-2H3. The zero-order valence-electron chi connectivity index (χ0n) is 9.03. The number of nitro benzene ring substituents is 1. The lowest BCUT2D eigenvalue weighted by atomic mass is 9.87. The van der Waals surface area contributed by atoms with Crippen molar-refractivity contribution in [2.24, 2.45) is 5.41 Å². The SMILES string of the molecule is CC(C)(C#N)Cc1cc(F)ccc1[N+](=O)[O-]. The molecule has 0 fully saturated rings. The second-order valence-electron chi connectivity index (χ2n) is 4.20. The second kappa shape index (κ2) is 4.27. The molecule has 0 saturated heterocycles. The van der Waals surface area contributed by atoms with Gasteiger partial charge in [-0.2, -0.15) is 5.26 Å². The normalized spacial score (nSPS) is 10.9. The Labute approximate surface area is 92.5 Å². The van der Waals surface area contributed by atoms with Gasteiger partial charge in [-0.05, 0) is 32.4 Å². The van der Waals surface area contributed by atoms with Crippen LogP contribution in [0.1, 0.15) is 19.4 Å². The molecule has 5 heteroatoms. The monoisotopic (exact) mass is 222 g/mol. The molecule has 0 amide bonds. The fourth-order valence-electron chi connectivity index (χ4n) is 1.39. The highest BCUT2D eigenvalue weighted by molar-refractivity contribution is 5.41. The Kier molecular flexibility index (Phi) is 3.23. The summed E-state index contributed by atoms with van der Waals surface area (Å²) in [5, 5.41) is 19.5. The highest BCUT2D eigenvalue weighted by Crippen LogP contribution is 2.27. The van der Waals surface area contributed by atoms with Gasteiger partial charge in [0.25, 0.3) is 5.69 Å². The summed E-state index contributed by atoms with van der Waals surface area (Å²) in [6.45, 7) is 3.31. The molecule has 0 saturated carbocycles. The molecule has 1 aromatic rings. The van der Waals surface area contributed by atoms with Crippen LogP contribution in [-0.4, -0.2) is 4.92 Å². The van der Waals surface area contributed by atoms with Crippen LogP contribution in [0, 0.1) is 32.7 Å². The average Bonchev–Trinajstić information content (AvgIpc) is 2.16. The topological polar surface area (TPSA) is 66.9 Å². The summed E-state index contributed by atoms with van der Waals surface area (Å²) < 4.78 is 13.0. The van der Waals surface area contributed by atoms with Gasteiger partial charge in [0.1, 0.15) is 5.82 Å². The zero-order chi connectivity index (χ0) is 12.3. The van der Waals surface area contributed by atoms with Gasteiger partial charge < -0.3 is 0 Å². The fourth-order valence-corrected chi connectivity index (χ4v) is 1.39. The number of rotatable bonds is 3. The van der Waals surface area contributed by atoms with E-state index in [9.17, 15) is 14.5 Å². The van der Waals surface area contributed by atoms with Gasteiger partial charge in [-0.3, -0.25) is 10.1 Å². The van der Waals surface area contributed by atoms with Crippen molar-refractivity contribution in [1.82, 2.24) is 0 Å². The lowest BCUT2D eigenvalue weighted by Gasteiger charge is -2.14. The summed E-state index contributed by atoms with van der Waals surface area (Å²) in [6, 6.07) is 5.30. The molecule has 84 valence electrons. The van der Waals surface area contributed by atoms with E-state index in [0.717, 1.165) is 18.2 Å². The molecule has 0 atom stereocenters. The van der Waals surface area contributed by atoms with Crippen LogP contribution in [0.25, 0.3) is 0 Å². The molecule has 0 heterocycles. The highest BCUT2D eigenvalue weighted by Gasteiger charge is 2.23. The second-order valence-corrected chi connectivity index (χ2v) is 4.20. The summed E-state index contributed by atoms with van der Waals surface area (Å²) in [6.07, 6.45) is 0.150. The van der Waals surface area contributed by atoms with E-state index in [-0.39, 0.29) is 17.7 Å². The van der Waals surface area contributed by atoms with Crippen LogP contribution in [-0.2, 0) is 6.42 Å². The van der Waals surface area contributed by atoms with Gasteiger partial charge in [-0.25, -0.2) is 4.39 Å². The summed E-state index contributed by atoms with van der Waals surface area (Å²) in [5.74, 6) is -0.533. The maximum atomic E-state index is 13.0. The molecular formula is C11H11FN2O2. The van der Waals surface area contributed by atoms with E-state index in [1.165, 1.54) is 0 Å². The average molecular weight is 222 g/mol. The number of halogens is 1. The third-order valence-electron chi connectivity index (χ3n) is 2.17. The fraction of sp³-hybridized carbons (Fsp3) is 0.364. The first-order chi connectivity index (χ1) is 7.35. The number of nitrogens with zero attached hydrogens (tertiary/aromatic N) is 2. The lowest BCUT2D eigenvalue weighted by Crippen LogP contribution is -2.13. The number of hydrogen-bond donors (Lipinski definition) is 0. The van der Waals surface area contributed by atoms with Crippen molar-refractivity contribution in [3.8, 4) is 6.07 Å². The van der Waals surface area contributed by atoms with Gasteiger partial charge in [-0.15, -0.1) is 0 Å². The minimum absolute atomic E-state index is 0.148. The Balaban J connectivity index is 3.17. The summed E-state index contributed by atoms with van der Waals surface area (Å²) in [5.41, 5.74) is -0.653. The summed E-state index contributed by atoms with van der Waals surface area (Å²) in [4.78, 5) is 10.1. The highest BCUT2D eigenvalue weighted by atomic mass is 19.1. The number of benzene rings is 1. The third-order valence-corrected chi connectivity index (χ3v) is 2.17. The maximum Gasteiger partial charge on any atom is 0.272 e. The Bertz CT molecular complexity index is 464. The largest absolute Gasteiger partial charge is 0.272 e. The smallest absolute Gasteiger partial charge is 0.258 e. The van der Waals surface area contributed by atoms with Crippen LogP contribution >= 0.6 is 0 Å². The first kappa shape index (κ1) is 12.1. The predicted molar refractivity (Wildman–Crippen MR) is 56.2 cm³/mol. The van der Waals surface area contributed by atoms with Gasteiger partial charge in [0.15, 0.2) is 0 Å². The molecular weight excluding hydrogens is 211 g/mol. The van der Waals surface area contributed by atoms with Crippen molar-refractivity contribution < 1.29 is 9.31 Å². The van der Waals surface area contributed by atoms with Gasteiger partial charge in [0.2, 0.25) is 0 Å². The van der Waals surface area contributed by atoms with E-state index >= 15 is 0 Å². The molecule has 1 aromatic carbocycles. The minimum atomic E-state index is -0.751. The molecule has 4 nitrogen and oxygen atoms in total. The van der Waals surface area contributed by atoms with E-state index in [0.29, 0.717) is 0 Å². The molecule has 0 N–H and O–H groups in total. The van der Waals surface area contributed by atoms with Crippen molar-refractivity contribution in [2.75, 3.05) is 0 Å². The maximum absolute atomic E-state index is 13.0. The molecule has 0 spiro atoms. The zero-order valence-corrected chi connectivity index (χ0v) is 9.03. The first-order valence-corrected chi connectivity index (χ1v) is 4.70. The van der Waals surface area contributed by atoms with Gasteiger partial charge in [0.05, 0.1) is 16.4 Å². The Morgan fingerprint density at radius 2 is 2.19 bits per heavy atom. The van der Waals surface area contributed by atoms with E-state index < -0.39 is 16.2 Å². The van der Waals surface area contributed by atoms with Crippen LogP contribution in [0.5, 0.6) is 0 Å². The molecule has 0 aliphatic carbocycles. The molecule has 16 heavy (non-hydrogen) atoms. The number of hydrogen-bond acceptors (Lipinski definition) is 3. The third kappa shape index (κ3) is 2.76. The van der Waals surface area contributed by atoms with Crippen molar-refractivity contribution in [1.29, 1.82) is 5.26 Å². The number of nitriles is 1. The van der Waals surface area contributed by atoms with Gasteiger partial charge in [-0.1, -0.05) is 0 Å². The molecule has 1 rings (SSSR count). The van der Waals surface area contributed by atoms with Gasteiger partial charge >= 0.3 is 0 Å². The van der Waals surface area contributed by atoms with E-state index in [1.54, 1.807) is 13.8 Å². The number of nitro groups is 1. The van der Waals surface area contributed by atoms with Crippen LogP contribution in [0.3, 0.4) is 0 Å². The van der Waals surface area contributed by atoms with Crippen molar-refractivity contribution >= 4 is 5.69 Å².